The predicted molar refractivity (Wildman–Crippen MR) is 139 cm³/mol. The number of amides is 1. The van der Waals surface area contributed by atoms with Crippen LogP contribution in [0.15, 0.2) is 34.9 Å². The molecule has 8 nitrogen and oxygen atoms in total. The van der Waals surface area contributed by atoms with Gasteiger partial charge in [0.1, 0.15) is 5.82 Å². The van der Waals surface area contributed by atoms with Crippen molar-refractivity contribution in [3.8, 4) is 0 Å². The van der Waals surface area contributed by atoms with E-state index >= 15 is 0 Å². The minimum absolute atomic E-state index is 0.0800. The number of nitrogens with one attached hydrogen (secondary N) is 2. The van der Waals surface area contributed by atoms with Crippen LogP contribution >= 0.6 is 15.9 Å². The van der Waals surface area contributed by atoms with Gasteiger partial charge in [0.2, 0.25) is 5.95 Å². The molecule has 3 N–H and O–H groups in total. The van der Waals surface area contributed by atoms with E-state index in [1.54, 1.807) is 6.20 Å². The van der Waals surface area contributed by atoms with Gasteiger partial charge in [0.25, 0.3) is 5.91 Å². The summed E-state index contributed by atoms with van der Waals surface area (Å²) in [6.07, 6.45) is 6.94. The van der Waals surface area contributed by atoms with Gasteiger partial charge in [0.15, 0.2) is 0 Å². The van der Waals surface area contributed by atoms with Crippen molar-refractivity contribution >= 4 is 39.3 Å². The highest BCUT2D eigenvalue weighted by Crippen LogP contribution is 2.56. The standard InChI is InChI=1S/C26H33BrN6O2/c1-32-6-8-33(9-7-32)24(34)17-2-4-20(5-3-17)29-25-28-15-21(27)23(31-25)30-22-18-10-16-11-19(22)14-26(35,12-16)13-18/h2-5,15-16,18-19,22,35H,6-14H2,1H3,(H2,28,29,30,31)/t16?,18?,19?,22-,26+. The summed E-state index contributed by atoms with van der Waals surface area (Å²) in [5.74, 6) is 3.04. The van der Waals surface area contributed by atoms with Crippen LogP contribution in [0.2, 0.25) is 0 Å². The molecule has 4 saturated carbocycles. The molecule has 1 aromatic carbocycles. The van der Waals surface area contributed by atoms with Crippen LogP contribution in [-0.4, -0.2) is 75.7 Å². The fourth-order valence-corrected chi connectivity index (χ4v) is 7.23. The highest BCUT2D eigenvalue weighted by atomic mass is 79.9. The molecule has 186 valence electrons. The topological polar surface area (TPSA) is 93.6 Å². The van der Waals surface area contributed by atoms with Crippen LogP contribution in [-0.2, 0) is 0 Å². The Balaban J connectivity index is 1.12. The number of hydrogen-bond donors (Lipinski definition) is 3. The third kappa shape index (κ3) is 4.66. The summed E-state index contributed by atoms with van der Waals surface area (Å²) < 4.78 is 0.837. The third-order valence-electron chi connectivity index (χ3n) is 8.47. The summed E-state index contributed by atoms with van der Waals surface area (Å²) in [6, 6.07) is 7.87. The molecule has 5 aliphatic rings. The molecule has 2 unspecified atom stereocenters. The van der Waals surface area contributed by atoms with Crippen LogP contribution in [0.25, 0.3) is 0 Å². The third-order valence-corrected chi connectivity index (χ3v) is 9.05. The predicted octanol–water partition coefficient (Wildman–Crippen LogP) is 3.72. The molecular weight excluding hydrogens is 508 g/mol. The summed E-state index contributed by atoms with van der Waals surface area (Å²) in [6.45, 7) is 3.35. The van der Waals surface area contributed by atoms with Gasteiger partial charge in [-0.3, -0.25) is 4.79 Å². The van der Waals surface area contributed by atoms with E-state index in [-0.39, 0.29) is 5.91 Å². The normalized spacial score (nSPS) is 32.0. The fraction of sp³-hybridized carbons (Fsp3) is 0.577. The molecule has 1 aliphatic heterocycles. The summed E-state index contributed by atoms with van der Waals surface area (Å²) in [5, 5.41) is 17.9. The Bertz CT molecular complexity index is 1090. The maximum absolute atomic E-state index is 12.8. The first-order valence-electron chi connectivity index (χ1n) is 12.7. The number of aromatic nitrogens is 2. The molecule has 4 aliphatic carbocycles. The lowest BCUT2D eigenvalue weighted by Gasteiger charge is -2.58. The number of aliphatic hydroxyl groups is 1. The first kappa shape index (κ1) is 23.2. The zero-order valence-electron chi connectivity index (χ0n) is 20.1. The van der Waals surface area contributed by atoms with E-state index in [1.165, 1.54) is 12.8 Å². The molecule has 7 rings (SSSR count). The quantitative estimate of drug-likeness (QED) is 0.532. The van der Waals surface area contributed by atoms with Gasteiger partial charge < -0.3 is 25.5 Å². The van der Waals surface area contributed by atoms with Gasteiger partial charge in [0.05, 0.1) is 10.1 Å². The Morgan fingerprint density at radius 3 is 2.43 bits per heavy atom. The lowest BCUT2D eigenvalue weighted by atomic mass is 9.52. The monoisotopic (exact) mass is 540 g/mol. The lowest BCUT2D eigenvalue weighted by molar-refractivity contribution is -0.129. The maximum atomic E-state index is 12.8. The highest BCUT2D eigenvalue weighted by molar-refractivity contribution is 9.10. The average molecular weight is 541 g/mol. The maximum Gasteiger partial charge on any atom is 0.253 e. The van der Waals surface area contributed by atoms with Crippen molar-refractivity contribution < 1.29 is 9.90 Å². The van der Waals surface area contributed by atoms with Crippen LogP contribution in [0.1, 0.15) is 42.5 Å². The van der Waals surface area contributed by atoms with Gasteiger partial charge in [0, 0.05) is 49.7 Å². The molecule has 2 aromatic rings. The number of carbonyl (C=O) groups excluding carboxylic acids is 1. The molecule has 2 atom stereocenters. The Kier molecular flexibility index (Phi) is 5.97. The number of benzene rings is 1. The number of piperazine rings is 1. The minimum Gasteiger partial charge on any atom is -0.390 e. The highest BCUT2D eigenvalue weighted by Gasteiger charge is 2.54. The zero-order valence-corrected chi connectivity index (χ0v) is 21.7. The van der Waals surface area contributed by atoms with Crippen LogP contribution in [0.4, 0.5) is 17.5 Å². The van der Waals surface area contributed by atoms with Gasteiger partial charge in [-0.05, 0) is 97.1 Å². The molecule has 0 radical (unpaired) electrons. The van der Waals surface area contributed by atoms with Gasteiger partial charge >= 0.3 is 0 Å². The smallest absolute Gasteiger partial charge is 0.253 e. The van der Waals surface area contributed by atoms with E-state index in [2.05, 4.69) is 43.5 Å². The molecule has 9 heteroatoms. The van der Waals surface area contributed by atoms with E-state index < -0.39 is 5.60 Å². The number of halogens is 1. The van der Waals surface area contributed by atoms with Gasteiger partial charge in [-0.1, -0.05) is 0 Å². The molecule has 1 aromatic heterocycles. The number of hydrogen-bond acceptors (Lipinski definition) is 7. The largest absolute Gasteiger partial charge is 0.390 e. The van der Waals surface area contributed by atoms with Crippen molar-refractivity contribution in [1.82, 2.24) is 19.8 Å². The Morgan fingerprint density at radius 1 is 1.09 bits per heavy atom. The molecule has 5 fully saturated rings. The SMILES string of the molecule is CN1CCN(C(=O)c2ccc(Nc3ncc(Br)c(N[C@H]4C5CC6CC4C[C@@](O)(C6)C5)n3)cc2)CC1. The van der Waals surface area contributed by atoms with Crippen molar-refractivity contribution in [2.45, 2.75) is 43.7 Å². The first-order chi connectivity index (χ1) is 16.8. The molecule has 2 heterocycles. The Hall–Kier alpha value is -2.23. The second-order valence-corrected chi connectivity index (χ2v) is 11.9. The number of likely N-dealkylation sites (N-methyl/N-ethyl adjacent to an activating group) is 1. The molecule has 1 saturated heterocycles. The first-order valence-corrected chi connectivity index (χ1v) is 13.5. The molecule has 4 bridgehead atoms. The van der Waals surface area contributed by atoms with E-state index in [0.29, 0.717) is 35.3 Å². The van der Waals surface area contributed by atoms with Crippen LogP contribution < -0.4 is 10.6 Å². The van der Waals surface area contributed by atoms with Crippen LogP contribution in [0, 0.1) is 17.8 Å². The number of anilines is 3. The number of carbonyl (C=O) groups is 1. The molecule has 0 spiro atoms. The van der Waals surface area contributed by atoms with Crippen molar-refractivity contribution in [1.29, 1.82) is 0 Å². The van der Waals surface area contributed by atoms with Gasteiger partial charge in [-0.15, -0.1) is 0 Å². The van der Waals surface area contributed by atoms with E-state index in [4.69, 9.17) is 4.98 Å². The summed E-state index contributed by atoms with van der Waals surface area (Å²) >= 11 is 3.61. The van der Waals surface area contributed by atoms with Gasteiger partial charge in [-0.25, -0.2) is 4.98 Å². The number of rotatable bonds is 5. The lowest BCUT2D eigenvalue weighted by Crippen LogP contribution is -2.59. The summed E-state index contributed by atoms with van der Waals surface area (Å²) in [7, 11) is 2.08. The van der Waals surface area contributed by atoms with E-state index in [0.717, 1.165) is 61.4 Å². The Labute approximate surface area is 214 Å². The van der Waals surface area contributed by atoms with Crippen molar-refractivity contribution in [3.05, 3.63) is 40.5 Å². The molecule has 1 amide bonds. The fourth-order valence-electron chi connectivity index (χ4n) is 6.92. The van der Waals surface area contributed by atoms with E-state index in [9.17, 15) is 9.90 Å². The van der Waals surface area contributed by atoms with Crippen LogP contribution in [0.3, 0.4) is 0 Å². The van der Waals surface area contributed by atoms with Crippen molar-refractivity contribution in [2.24, 2.45) is 17.8 Å². The molecule has 35 heavy (non-hydrogen) atoms. The average Bonchev–Trinajstić information content (AvgIpc) is 2.83. The second-order valence-electron chi connectivity index (χ2n) is 11.1. The minimum atomic E-state index is -0.442. The molecular formula is C26H33BrN6O2. The van der Waals surface area contributed by atoms with E-state index in [1.807, 2.05) is 29.2 Å². The second kappa shape index (κ2) is 9.01. The van der Waals surface area contributed by atoms with Crippen LogP contribution in [0.5, 0.6) is 0 Å². The summed E-state index contributed by atoms with van der Waals surface area (Å²) in [5.41, 5.74) is 1.09. The van der Waals surface area contributed by atoms with Crippen molar-refractivity contribution in [2.75, 3.05) is 43.9 Å². The summed E-state index contributed by atoms with van der Waals surface area (Å²) in [4.78, 5) is 26.2. The zero-order chi connectivity index (χ0) is 24.2. The van der Waals surface area contributed by atoms with Crippen molar-refractivity contribution in [3.63, 3.8) is 0 Å². The van der Waals surface area contributed by atoms with Gasteiger partial charge in [-0.2, -0.15) is 4.98 Å². The Morgan fingerprint density at radius 2 is 1.77 bits per heavy atom. The number of nitrogens with zero attached hydrogens (tertiary/aromatic N) is 4.